The average molecular weight is 436 g/mol. The van der Waals surface area contributed by atoms with Gasteiger partial charge in [-0.25, -0.2) is 4.98 Å². The van der Waals surface area contributed by atoms with Crippen molar-refractivity contribution in [2.45, 2.75) is 51.9 Å². The molecule has 2 aromatic rings. The molecule has 1 atom stereocenters. The summed E-state index contributed by atoms with van der Waals surface area (Å²) in [5, 5.41) is 15.6. The maximum absolute atomic E-state index is 13.4. The molecule has 1 unspecified atom stereocenters. The van der Waals surface area contributed by atoms with Crippen molar-refractivity contribution in [2.75, 3.05) is 6.61 Å². The summed E-state index contributed by atoms with van der Waals surface area (Å²) in [6.07, 6.45) is 7.09. The molecule has 1 aromatic carbocycles. The zero-order valence-corrected chi connectivity index (χ0v) is 17.8. The molecule has 0 saturated heterocycles. The monoisotopic (exact) mass is 435 g/mol. The fourth-order valence-corrected chi connectivity index (χ4v) is 3.57. The molecule has 3 rings (SSSR count). The number of ketones is 1. The summed E-state index contributed by atoms with van der Waals surface area (Å²) in [5.74, 6) is -3.44. The Labute approximate surface area is 180 Å². The van der Waals surface area contributed by atoms with Crippen LogP contribution in [0.3, 0.4) is 0 Å². The number of nitrogens with zero attached hydrogens (tertiary/aromatic N) is 3. The Kier molecular flexibility index (Phi) is 6.77. The quantitative estimate of drug-likeness (QED) is 0.501. The van der Waals surface area contributed by atoms with E-state index in [-0.39, 0.29) is 24.2 Å². The van der Waals surface area contributed by atoms with Gasteiger partial charge in [0.2, 0.25) is 5.78 Å². The van der Waals surface area contributed by atoms with E-state index in [0.717, 1.165) is 36.8 Å². The lowest BCUT2D eigenvalue weighted by Crippen LogP contribution is -2.54. The SMILES string of the molecule is CC(C)(COC(=O)C1CCCCC1)C(=O)C(O)(Oc1ccc(Cl)cc1)n1cncn1. The van der Waals surface area contributed by atoms with Gasteiger partial charge in [-0.2, -0.15) is 9.78 Å². The predicted octanol–water partition coefficient (Wildman–Crippen LogP) is 3.33. The number of halogens is 1. The molecule has 1 aliphatic carbocycles. The van der Waals surface area contributed by atoms with Crippen LogP contribution in [0.1, 0.15) is 46.0 Å². The van der Waals surface area contributed by atoms with Gasteiger partial charge in [-0.15, -0.1) is 0 Å². The lowest BCUT2D eigenvalue weighted by Gasteiger charge is -2.34. The van der Waals surface area contributed by atoms with Gasteiger partial charge in [0, 0.05) is 5.02 Å². The van der Waals surface area contributed by atoms with Crippen LogP contribution in [0.4, 0.5) is 0 Å². The Hall–Kier alpha value is -2.45. The number of aromatic nitrogens is 3. The van der Waals surface area contributed by atoms with Gasteiger partial charge in [0.1, 0.15) is 25.0 Å². The van der Waals surface area contributed by atoms with Crippen LogP contribution in [-0.2, 0) is 20.2 Å². The number of rotatable bonds is 8. The van der Waals surface area contributed by atoms with Gasteiger partial charge < -0.3 is 14.6 Å². The molecule has 1 N–H and O–H groups in total. The van der Waals surface area contributed by atoms with Gasteiger partial charge >= 0.3 is 11.9 Å². The fraction of sp³-hybridized carbons (Fsp3) is 0.524. The van der Waals surface area contributed by atoms with Crippen LogP contribution in [0.15, 0.2) is 36.9 Å². The van der Waals surface area contributed by atoms with Crippen molar-refractivity contribution >= 4 is 23.4 Å². The summed E-state index contributed by atoms with van der Waals surface area (Å²) < 4.78 is 12.0. The number of aliphatic hydroxyl groups is 1. The van der Waals surface area contributed by atoms with Crippen molar-refractivity contribution in [3.05, 3.63) is 41.9 Å². The maximum Gasteiger partial charge on any atom is 0.376 e. The lowest BCUT2D eigenvalue weighted by molar-refractivity contribution is -0.222. The third-order valence-corrected chi connectivity index (χ3v) is 5.48. The van der Waals surface area contributed by atoms with Crippen LogP contribution < -0.4 is 4.74 Å². The van der Waals surface area contributed by atoms with Gasteiger partial charge in [0.15, 0.2) is 0 Å². The van der Waals surface area contributed by atoms with Crippen LogP contribution in [-0.4, -0.2) is 38.2 Å². The molecule has 0 radical (unpaired) electrons. The third-order valence-electron chi connectivity index (χ3n) is 5.23. The minimum absolute atomic E-state index is 0.135. The largest absolute Gasteiger partial charge is 0.464 e. The number of benzene rings is 1. The van der Waals surface area contributed by atoms with E-state index < -0.39 is 17.1 Å². The van der Waals surface area contributed by atoms with Gasteiger partial charge in [-0.3, -0.25) is 9.59 Å². The van der Waals surface area contributed by atoms with E-state index in [4.69, 9.17) is 21.1 Å². The van der Waals surface area contributed by atoms with Crippen molar-refractivity contribution in [3.63, 3.8) is 0 Å². The molecule has 1 saturated carbocycles. The summed E-state index contributed by atoms with van der Waals surface area (Å²) in [7, 11) is 0. The van der Waals surface area contributed by atoms with Gasteiger partial charge in [0.25, 0.3) is 0 Å². The van der Waals surface area contributed by atoms with E-state index in [0.29, 0.717) is 5.02 Å². The topological polar surface area (TPSA) is 104 Å². The number of hydrogen-bond donors (Lipinski definition) is 1. The molecule has 1 fully saturated rings. The third kappa shape index (κ3) is 4.99. The molecule has 0 amide bonds. The number of esters is 1. The number of hydrogen-bond acceptors (Lipinski definition) is 7. The first-order chi connectivity index (χ1) is 14.2. The Morgan fingerprint density at radius 1 is 1.20 bits per heavy atom. The summed E-state index contributed by atoms with van der Waals surface area (Å²) in [6.45, 7) is 2.97. The molecule has 1 aromatic heterocycles. The molecule has 0 spiro atoms. The molecule has 9 heteroatoms. The summed E-state index contributed by atoms with van der Waals surface area (Å²) in [5.41, 5.74) is -1.25. The first-order valence-electron chi connectivity index (χ1n) is 9.96. The Morgan fingerprint density at radius 3 is 2.47 bits per heavy atom. The van der Waals surface area contributed by atoms with Crippen LogP contribution in [0, 0.1) is 11.3 Å². The molecule has 8 nitrogen and oxygen atoms in total. The Balaban J connectivity index is 1.77. The highest BCUT2D eigenvalue weighted by molar-refractivity contribution is 6.30. The predicted molar refractivity (Wildman–Crippen MR) is 109 cm³/mol. The fourth-order valence-electron chi connectivity index (χ4n) is 3.44. The molecule has 1 heterocycles. The van der Waals surface area contributed by atoms with Crippen molar-refractivity contribution in [1.82, 2.24) is 14.8 Å². The second kappa shape index (κ2) is 9.14. The van der Waals surface area contributed by atoms with E-state index in [9.17, 15) is 14.7 Å². The van der Waals surface area contributed by atoms with E-state index in [1.54, 1.807) is 26.0 Å². The highest BCUT2D eigenvalue weighted by Crippen LogP contribution is 2.32. The average Bonchev–Trinajstić information content (AvgIpc) is 3.29. The van der Waals surface area contributed by atoms with Crippen molar-refractivity contribution in [3.8, 4) is 5.75 Å². The normalized spacial score (nSPS) is 17.2. The van der Waals surface area contributed by atoms with Crippen molar-refractivity contribution in [2.24, 2.45) is 11.3 Å². The summed E-state index contributed by atoms with van der Waals surface area (Å²) in [4.78, 5) is 29.6. The molecule has 0 bridgehead atoms. The molecular weight excluding hydrogens is 410 g/mol. The van der Waals surface area contributed by atoms with E-state index in [2.05, 4.69) is 10.1 Å². The number of carbonyl (C=O) groups excluding carboxylic acids is 2. The summed E-state index contributed by atoms with van der Waals surface area (Å²) in [6, 6.07) is 6.18. The molecule has 162 valence electrons. The zero-order valence-electron chi connectivity index (χ0n) is 17.1. The minimum atomic E-state index is -2.48. The second-order valence-electron chi connectivity index (χ2n) is 8.16. The van der Waals surface area contributed by atoms with Crippen LogP contribution in [0.2, 0.25) is 5.02 Å². The number of carbonyl (C=O) groups is 2. The van der Waals surface area contributed by atoms with Crippen molar-refractivity contribution in [1.29, 1.82) is 0 Å². The van der Waals surface area contributed by atoms with Gasteiger partial charge in [-0.1, -0.05) is 30.9 Å². The number of ether oxygens (including phenoxy) is 2. The highest BCUT2D eigenvalue weighted by Gasteiger charge is 2.50. The minimum Gasteiger partial charge on any atom is -0.464 e. The Bertz CT molecular complexity index is 863. The van der Waals surface area contributed by atoms with Crippen LogP contribution in [0.25, 0.3) is 0 Å². The Morgan fingerprint density at radius 2 is 1.87 bits per heavy atom. The zero-order chi connectivity index (χ0) is 21.8. The van der Waals surface area contributed by atoms with Crippen LogP contribution in [0.5, 0.6) is 5.75 Å². The smallest absolute Gasteiger partial charge is 0.376 e. The van der Waals surface area contributed by atoms with Gasteiger partial charge in [-0.05, 0) is 51.0 Å². The van der Waals surface area contributed by atoms with Gasteiger partial charge in [0.05, 0.1) is 11.3 Å². The van der Waals surface area contributed by atoms with Crippen LogP contribution >= 0.6 is 11.6 Å². The standard InChI is InChI=1S/C21H26ClN3O5/c1-20(2,12-29-18(26)15-6-4-3-5-7-15)19(27)21(28,25-14-23-13-24-25)30-17-10-8-16(22)9-11-17/h8-11,13-15,28H,3-7,12H2,1-2H3. The number of Topliss-reactive ketones (excluding diaryl/α,β-unsaturated/α-hetero) is 1. The first kappa shape index (κ1) is 22.2. The first-order valence-corrected chi connectivity index (χ1v) is 10.3. The molecule has 30 heavy (non-hydrogen) atoms. The summed E-state index contributed by atoms with van der Waals surface area (Å²) >= 11 is 5.89. The maximum atomic E-state index is 13.4. The molecule has 1 aliphatic rings. The highest BCUT2D eigenvalue weighted by atomic mass is 35.5. The van der Waals surface area contributed by atoms with Crippen molar-refractivity contribution < 1.29 is 24.2 Å². The molecule has 0 aliphatic heterocycles. The second-order valence-corrected chi connectivity index (χ2v) is 8.60. The van der Waals surface area contributed by atoms with E-state index in [1.165, 1.54) is 24.8 Å². The lowest BCUT2D eigenvalue weighted by atomic mass is 9.86. The van der Waals surface area contributed by atoms with E-state index in [1.807, 2.05) is 0 Å². The van der Waals surface area contributed by atoms with E-state index >= 15 is 0 Å². The molecular formula is C21H26ClN3O5.